The Hall–Kier alpha value is -1.10. The molecular formula is C14H11BrO2S. The van der Waals surface area contributed by atoms with Gasteiger partial charge in [0.05, 0.1) is 10.7 Å². The third kappa shape index (κ3) is 2.11. The average Bonchev–Trinajstić information content (AvgIpc) is 2.97. The Kier molecular flexibility index (Phi) is 3.24. The van der Waals surface area contributed by atoms with Crippen LogP contribution in [-0.2, 0) is 6.42 Å². The number of fused-ring (bicyclic) bond motifs is 1. The van der Waals surface area contributed by atoms with Crippen molar-refractivity contribution in [2.24, 2.45) is 0 Å². The molecule has 1 unspecified atom stereocenters. The molecule has 0 spiro atoms. The maximum absolute atomic E-state index is 10.2. The lowest BCUT2D eigenvalue weighted by molar-refractivity contribution is 0.149. The van der Waals surface area contributed by atoms with Crippen molar-refractivity contribution in [1.82, 2.24) is 0 Å². The first-order valence-corrected chi connectivity index (χ1v) is 7.29. The van der Waals surface area contributed by atoms with E-state index in [1.54, 1.807) is 23.7 Å². The number of thiophene rings is 1. The fraction of sp³-hybridized carbons (Fsp3) is 0.143. The van der Waals surface area contributed by atoms with Crippen LogP contribution in [0.5, 0.6) is 0 Å². The maximum Gasteiger partial charge on any atom is 0.146 e. The number of aliphatic hydroxyl groups is 1. The highest BCUT2D eigenvalue weighted by Crippen LogP contribution is 2.32. The van der Waals surface area contributed by atoms with Crippen molar-refractivity contribution in [3.8, 4) is 0 Å². The molecule has 0 saturated heterocycles. The van der Waals surface area contributed by atoms with Gasteiger partial charge < -0.3 is 9.52 Å². The molecule has 0 aliphatic rings. The summed E-state index contributed by atoms with van der Waals surface area (Å²) in [7, 11) is 0. The van der Waals surface area contributed by atoms with Crippen molar-refractivity contribution in [1.29, 1.82) is 0 Å². The van der Waals surface area contributed by atoms with Crippen LogP contribution in [0.1, 0.15) is 17.4 Å². The third-order valence-electron chi connectivity index (χ3n) is 2.92. The second-order valence-corrected chi connectivity index (χ2v) is 5.88. The molecule has 0 radical (unpaired) electrons. The van der Waals surface area contributed by atoms with E-state index in [9.17, 15) is 5.11 Å². The monoisotopic (exact) mass is 322 g/mol. The van der Waals surface area contributed by atoms with Gasteiger partial charge >= 0.3 is 0 Å². The van der Waals surface area contributed by atoms with Crippen LogP contribution >= 0.6 is 27.3 Å². The number of aliphatic hydroxyl groups excluding tert-OH is 1. The molecule has 92 valence electrons. The zero-order valence-corrected chi connectivity index (χ0v) is 11.9. The molecular weight excluding hydrogens is 312 g/mol. The lowest BCUT2D eigenvalue weighted by Crippen LogP contribution is -2.00. The zero-order chi connectivity index (χ0) is 12.5. The quantitative estimate of drug-likeness (QED) is 0.768. The van der Waals surface area contributed by atoms with E-state index in [4.69, 9.17) is 4.42 Å². The van der Waals surface area contributed by atoms with Crippen LogP contribution in [0, 0.1) is 0 Å². The molecule has 0 aliphatic heterocycles. The summed E-state index contributed by atoms with van der Waals surface area (Å²) in [4.78, 5) is 0. The minimum Gasteiger partial charge on any atom is -0.465 e. The molecule has 1 N–H and O–H groups in total. The van der Waals surface area contributed by atoms with E-state index >= 15 is 0 Å². The second kappa shape index (κ2) is 4.88. The highest BCUT2D eigenvalue weighted by molar-refractivity contribution is 9.10. The summed E-state index contributed by atoms with van der Waals surface area (Å²) in [5.74, 6) is 0.588. The minimum absolute atomic E-state index is 0.566. The predicted molar refractivity (Wildman–Crippen MR) is 76.9 cm³/mol. The molecule has 1 atom stereocenters. The Morgan fingerprint density at radius 2 is 2.11 bits per heavy atom. The summed E-state index contributed by atoms with van der Waals surface area (Å²) < 4.78 is 7.36. The Labute approximate surface area is 117 Å². The first-order chi connectivity index (χ1) is 8.75. The van der Waals surface area contributed by atoms with E-state index in [1.807, 2.05) is 12.1 Å². The van der Waals surface area contributed by atoms with E-state index in [2.05, 4.69) is 33.4 Å². The fourth-order valence-electron chi connectivity index (χ4n) is 2.04. The summed E-state index contributed by atoms with van der Waals surface area (Å²) in [6.45, 7) is 0. The van der Waals surface area contributed by atoms with Crippen LogP contribution in [0.15, 0.2) is 50.9 Å². The van der Waals surface area contributed by atoms with Gasteiger partial charge in [-0.25, -0.2) is 0 Å². The molecule has 4 heteroatoms. The van der Waals surface area contributed by atoms with Gasteiger partial charge in [0.15, 0.2) is 0 Å². The highest BCUT2D eigenvalue weighted by Gasteiger charge is 2.17. The largest absolute Gasteiger partial charge is 0.465 e. The van der Waals surface area contributed by atoms with E-state index in [0.29, 0.717) is 12.2 Å². The van der Waals surface area contributed by atoms with Gasteiger partial charge in [0, 0.05) is 11.1 Å². The van der Waals surface area contributed by atoms with Crippen LogP contribution in [0.4, 0.5) is 0 Å². The zero-order valence-electron chi connectivity index (χ0n) is 9.47. The van der Waals surface area contributed by atoms with Crippen molar-refractivity contribution < 1.29 is 9.52 Å². The van der Waals surface area contributed by atoms with Crippen LogP contribution in [0.3, 0.4) is 0 Å². The molecule has 0 aliphatic carbocycles. The van der Waals surface area contributed by atoms with Crippen LogP contribution in [0.2, 0.25) is 0 Å². The standard InChI is InChI=1S/C14H11BrO2S/c15-11-5-6-17-14(11)12(16)7-9-8-18-13-4-2-1-3-10(9)13/h1-6,8,12,16H,7H2. The van der Waals surface area contributed by atoms with Gasteiger partial charge in [0.25, 0.3) is 0 Å². The van der Waals surface area contributed by atoms with Crippen LogP contribution < -0.4 is 0 Å². The molecule has 0 fully saturated rings. The number of furan rings is 1. The molecule has 0 amide bonds. The topological polar surface area (TPSA) is 33.4 Å². The van der Waals surface area contributed by atoms with Crippen molar-refractivity contribution in [3.05, 3.63) is 57.8 Å². The Balaban J connectivity index is 1.91. The van der Waals surface area contributed by atoms with Crippen molar-refractivity contribution >= 4 is 37.4 Å². The molecule has 18 heavy (non-hydrogen) atoms. The Bertz CT molecular complexity index is 671. The molecule has 2 heterocycles. The lowest BCUT2D eigenvalue weighted by atomic mass is 10.1. The second-order valence-electron chi connectivity index (χ2n) is 4.11. The third-order valence-corrected chi connectivity index (χ3v) is 4.59. The Morgan fingerprint density at radius 1 is 1.28 bits per heavy atom. The van der Waals surface area contributed by atoms with Gasteiger partial charge in [-0.2, -0.15) is 0 Å². The summed E-state index contributed by atoms with van der Waals surface area (Å²) in [6, 6.07) is 10.0. The SMILES string of the molecule is OC(Cc1csc2ccccc12)c1occc1Br. The molecule has 0 bridgehead atoms. The normalized spacial score (nSPS) is 13.0. The van der Waals surface area contributed by atoms with E-state index < -0.39 is 6.10 Å². The molecule has 2 aromatic heterocycles. The van der Waals surface area contributed by atoms with Crippen molar-refractivity contribution in [2.75, 3.05) is 0 Å². The molecule has 2 nitrogen and oxygen atoms in total. The van der Waals surface area contributed by atoms with Gasteiger partial charge in [-0.15, -0.1) is 11.3 Å². The molecule has 3 aromatic rings. The summed E-state index contributed by atoms with van der Waals surface area (Å²) in [6.07, 6.45) is 1.53. The molecule has 3 rings (SSSR count). The van der Waals surface area contributed by atoms with Crippen molar-refractivity contribution in [2.45, 2.75) is 12.5 Å². The van der Waals surface area contributed by atoms with Gasteiger partial charge in [-0.1, -0.05) is 18.2 Å². The van der Waals surface area contributed by atoms with Crippen LogP contribution in [-0.4, -0.2) is 5.11 Å². The summed E-state index contributed by atoms with van der Waals surface area (Å²) >= 11 is 5.07. The summed E-state index contributed by atoms with van der Waals surface area (Å²) in [5.41, 5.74) is 1.16. The number of hydrogen-bond acceptors (Lipinski definition) is 3. The summed E-state index contributed by atoms with van der Waals surface area (Å²) in [5, 5.41) is 13.5. The van der Waals surface area contributed by atoms with Crippen LogP contribution in [0.25, 0.3) is 10.1 Å². The number of halogens is 1. The number of hydrogen-bond donors (Lipinski definition) is 1. The molecule has 1 aromatic carbocycles. The lowest BCUT2D eigenvalue weighted by Gasteiger charge is -2.07. The smallest absolute Gasteiger partial charge is 0.146 e. The maximum atomic E-state index is 10.2. The molecule has 0 saturated carbocycles. The number of rotatable bonds is 3. The average molecular weight is 323 g/mol. The van der Waals surface area contributed by atoms with E-state index in [0.717, 1.165) is 10.0 Å². The van der Waals surface area contributed by atoms with E-state index in [-0.39, 0.29) is 0 Å². The van der Waals surface area contributed by atoms with E-state index in [1.165, 1.54) is 10.1 Å². The predicted octanol–water partition coefficient (Wildman–Crippen LogP) is 4.53. The first kappa shape index (κ1) is 12.0. The van der Waals surface area contributed by atoms with Crippen molar-refractivity contribution in [3.63, 3.8) is 0 Å². The van der Waals surface area contributed by atoms with Gasteiger partial charge in [-0.3, -0.25) is 0 Å². The van der Waals surface area contributed by atoms with Gasteiger partial charge in [-0.05, 0) is 44.4 Å². The van der Waals surface area contributed by atoms with Gasteiger partial charge in [0.1, 0.15) is 11.9 Å². The number of benzene rings is 1. The highest BCUT2D eigenvalue weighted by atomic mass is 79.9. The first-order valence-electron chi connectivity index (χ1n) is 5.62. The fourth-order valence-corrected chi connectivity index (χ4v) is 3.48. The minimum atomic E-state index is -0.618. The Morgan fingerprint density at radius 3 is 2.89 bits per heavy atom. The van der Waals surface area contributed by atoms with Gasteiger partial charge in [0.2, 0.25) is 0 Å².